The van der Waals surface area contributed by atoms with Crippen LogP contribution in [0.25, 0.3) is 11.4 Å². The van der Waals surface area contributed by atoms with E-state index in [2.05, 4.69) is 19.6 Å². The molecular weight excluding hydrogens is 492 g/mol. The first-order valence-electron chi connectivity index (χ1n) is 12.8. The van der Waals surface area contributed by atoms with Gasteiger partial charge in [-0.15, -0.1) is 0 Å². The third kappa shape index (κ3) is 7.43. The second-order valence-corrected chi connectivity index (χ2v) is 8.50. The molecular formula is C26H42F4N4O3. The van der Waals surface area contributed by atoms with E-state index < -0.39 is 29.1 Å². The van der Waals surface area contributed by atoms with Gasteiger partial charge in [0.1, 0.15) is 18.2 Å². The maximum Gasteiger partial charge on any atom is 0.471 e. The molecule has 1 fully saturated rings. The van der Waals surface area contributed by atoms with E-state index in [4.69, 9.17) is 4.74 Å². The standard InChI is InChI=1S/C20H22F4N4O3.3C2H6.H2/c1-11-9-30-15-7-12(16-25-17(31-26-16)20(22,23)24)6-14(21)13(15)8-28(11)18(29)19(2)4-5-27(3)10-19;3*1-2;/h6-7,11H,4-5,8-10H2,1-3H3;3*1-2H3;1H. The molecule has 7 nitrogen and oxygen atoms in total. The Hall–Kier alpha value is -2.69. The predicted molar refractivity (Wildman–Crippen MR) is 137 cm³/mol. The van der Waals surface area contributed by atoms with Crippen LogP contribution >= 0.6 is 0 Å². The number of nitrogens with zero attached hydrogens (tertiary/aromatic N) is 4. The van der Waals surface area contributed by atoms with E-state index in [1.807, 2.05) is 62.4 Å². The molecule has 0 radical (unpaired) electrons. The molecule has 1 saturated heterocycles. The van der Waals surface area contributed by atoms with Crippen LogP contribution in [0.1, 0.15) is 74.7 Å². The lowest BCUT2D eigenvalue weighted by atomic mass is 9.87. The van der Waals surface area contributed by atoms with Crippen molar-refractivity contribution in [2.75, 3.05) is 26.7 Å². The summed E-state index contributed by atoms with van der Waals surface area (Å²) < 4.78 is 63.2. The van der Waals surface area contributed by atoms with E-state index >= 15 is 4.39 Å². The fourth-order valence-corrected chi connectivity index (χ4v) is 4.09. The first-order chi connectivity index (χ1) is 17.5. The summed E-state index contributed by atoms with van der Waals surface area (Å²) >= 11 is 0. The Morgan fingerprint density at radius 1 is 1.16 bits per heavy atom. The minimum Gasteiger partial charge on any atom is -0.491 e. The molecule has 3 heterocycles. The first kappa shape index (κ1) is 32.3. The number of aromatic nitrogens is 2. The zero-order valence-electron chi connectivity index (χ0n) is 23.3. The number of fused-ring (bicyclic) bond motifs is 1. The average molecular weight is 535 g/mol. The zero-order valence-corrected chi connectivity index (χ0v) is 23.3. The molecule has 0 N–H and O–H groups in total. The molecule has 2 aromatic rings. The first-order valence-corrected chi connectivity index (χ1v) is 12.8. The molecule has 1 aromatic heterocycles. The Morgan fingerprint density at radius 2 is 1.78 bits per heavy atom. The van der Waals surface area contributed by atoms with Crippen molar-refractivity contribution in [3.8, 4) is 17.1 Å². The van der Waals surface area contributed by atoms with Gasteiger partial charge in [-0.2, -0.15) is 18.2 Å². The van der Waals surface area contributed by atoms with Gasteiger partial charge < -0.3 is 19.1 Å². The van der Waals surface area contributed by atoms with Crippen molar-refractivity contribution in [2.24, 2.45) is 5.41 Å². The molecule has 11 heteroatoms. The fourth-order valence-electron chi connectivity index (χ4n) is 4.09. The van der Waals surface area contributed by atoms with Crippen molar-refractivity contribution in [3.05, 3.63) is 29.4 Å². The van der Waals surface area contributed by atoms with Crippen LogP contribution in [-0.2, 0) is 17.5 Å². The highest BCUT2D eigenvalue weighted by Gasteiger charge is 2.44. The summed E-state index contributed by atoms with van der Waals surface area (Å²) in [4.78, 5) is 20.3. The fraction of sp³-hybridized carbons (Fsp3) is 0.654. The van der Waals surface area contributed by atoms with Crippen LogP contribution < -0.4 is 4.74 Å². The van der Waals surface area contributed by atoms with Gasteiger partial charge in [0.25, 0.3) is 0 Å². The number of amides is 1. The number of ether oxygens (including phenoxy) is 1. The topological polar surface area (TPSA) is 71.7 Å². The molecule has 2 aliphatic heterocycles. The van der Waals surface area contributed by atoms with Gasteiger partial charge in [-0.1, -0.05) is 46.7 Å². The summed E-state index contributed by atoms with van der Waals surface area (Å²) in [5, 5.41) is 3.30. The molecule has 0 saturated carbocycles. The van der Waals surface area contributed by atoms with Crippen molar-refractivity contribution in [2.45, 2.75) is 80.6 Å². The monoisotopic (exact) mass is 534 g/mol. The van der Waals surface area contributed by atoms with E-state index in [0.29, 0.717) is 13.0 Å². The molecule has 0 aliphatic carbocycles. The smallest absolute Gasteiger partial charge is 0.471 e. The maximum absolute atomic E-state index is 15.0. The highest BCUT2D eigenvalue weighted by molar-refractivity contribution is 5.83. The number of halogens is 4. The van der Waals surface area contributed by atoms with Crippen LogP contribution in [0.3, 0.4) is 0 Å². The van der Waals surface area contributed by atoms with Crippen LogP contribution in [0.5, 0.6) is 5.75 Å². The quantitative estimate of drug-likeness (QED) is 0.401. The van der Waals surface area contributed by atoms with Crippen LogP contribution in [0.15, 0.2) is 16.7 Å². The van der Waals surface area contributed by atoms with Gasteiger partial charge in [-0.3, -0.25) is 4.79 Å². The van der Waals surface area contributed by atoms with E-state index in [1.54, 1.807) is 4.90 Å². The number of likely N-dealkylation sites (tertiary alicyclic amines) is 1. The van der Waals surface area contributed by atoms with Crippen LogP contribution in [-0.4, -0.2) is 58.6 Å². The number of carbonyl (C=O) groups is 1. The summed E-state index contributed by atoms with van der Waals surface area (Å²) in [6.07, 6.45) is -4.09. The van der Waals surface area contributed by atoms with Gasteiger partial charge in [0, 0.05) is 19.1 Å². The lowest BCUT2D eigenvalue weighted by Crippen LogP contribution is -2.48. The number of hydrogen-bond donors (Lipinski definition) is 0. The van der Waals surface area contributed by atoms with Crippen molar-refractivity contribution in [1.29, 1.82) is 0 Å². The van der Waals surface area contributed by atoms with Gasteiger partial charge in [0.05, 0.1) is 18.0 Å². The molecule has 0 spiro atoms. The number of alkyl halides is 3. The molecule has 2 unspecified atom stereocenters. The van der Waals surface area contributed by atoms with Gasteiger partial charge in [0.15, 0.2) is 0 Å². The van der Waals surface area contributed by atoms with Gasteiger partial charge >= 0.3 is 12.1 Å². The number of rotatable bonds is 2. The van der Waals surface area contributed by atoms with Gasteiger partial charge in [0.2, 0.25) is 11.7 Å². The summed E-state index contributed by atoms with van der Waals surface area (Å²) in [6.45, 7) is 17.3. The predicted octanol–water partition coefficient (Wildman–Crippen LogP) is 6.67. The molecule has 212 valence electrons. The molecule has 2 aliphatic rings. The van der Waals surface area contributed by atoms with Crippen molar-refractivity contribution in [1.82, 2.24) is 19.9 Å². The SMILES string of the molecule is CC.CC.CC.CC1COc2cc(-c3noc(C(F)(F)F)n3)cc(F)c2CN1C(=O)C1(C)CCN(C)C1.[HH]. The van der Waals surface area contributed by atoms with Crippen molar-refractivity contribution < 1.29 is 33.0 Å². The average Bonchev–Trinajstić information content (AvgIpc) is 3.48. The lowest BCUT2D eigenvalue weighted by Gasteiger charge is -2.34. The highest BCUT2D eigenvalue weighted by Crippen LogP contribution is 2.37. The van der Waals surface area contributed by atoms with Gasteiger partial charge in [-0.05, 0) is 46.0 Å². The number of hydrogen-bond acceptors (Lipinski definition) is 6. The zero-order chi connectivity index (χ0) is 28.6. The van der Waals surface area contributed by atoms with E-state index in [-0.39, 0.29) is 43.4 Å². The summed E-state index contributed by atoms with van der Waals surface area (Å²) in [6, 6.07) is 2.08. The molecule has 1 aromatic carbocycles. The van der Waals surface area contributed by atoms with E-state index in [0.717, 1.165) is 12.6 Å². The van der Waals surface area contributed by atoms with Crippen LogP contribution in [0.2, 0.25) is 0 Å². The summed E-state index contributed by atoms with van der Waals surface area (Å²) in [5.74, 6) is -2.56. The molecule has 1 amide bonds. The van der Waals surface area contributed by atoms with Crippen molar-refractivity contribution >= 4 is 5.91 Å². The van der Waals surface area contributed by atoms with Crippen LogP contribution in [0.4, 0.5) is 17.6 Å². The normalized spacial score (nSPS) is 21.1. The Labute approximate surface area is 218 Å². The highest BCUT2D eigenvalue weighted by atomic mass is 19.4. The van der Waals surface area contributed by atoms with Gasteiger partial charge in [-0.25, -0.2) is 4.39 Å². The second-order valence-electron chi connectivity index (χ2n) is 8.50. The number of benzene rings is 1. The van der Waals surface area contributed by atoms with Crippen LogP contribution in [0, 0.1) is 11.2 Å². The third-order valence-corrected chi connectivity index (χ3v) is 5.86. The summed E-state index contributed by atoms with van der Waals surface area (Å²) in [7, 11) is 1.95. The molecule has 0 bridgehead atoms. The minimum atomic E-state index is -4.80. The molecule has 37 heavy (non-hydrogen) atoms. The Morgan fingerprint density at radius 3 is 2.30 bits per heavy atom. The lowest BCUT2D eigenvalue weighted by molar-refractivity contribution is -0.159. The molecule has 2 atom stereocenters. The third-order valence-electron chi connectivity index (χ3n) is 5.86. The van der Waals surface area contributed by atoms with E-state index in [9.17, 15) is 18.0 Å². The largest absolute Gasteiger partial charge is 0.491 e. The Bertz CT molecular complexity index is 1020. The summed E-state index contributed by atoms with van der Waals surface area (Å²) in [5.41, 5.74) is -0.411. The Balaban J connectivity index is 0.00000183. The van der Waals surface area contributed by atoms with Crippen molar-refractivity contribution in [3.63, 3.8) is 0 Å². The molecule has 4 rings (SSSR count). The maximum atomic E-state index is 15.0. The Kier molecular flexibility index (Phi) is 12.0. The minimum absolute atomic E-state index is 0. The number of carbonyl (C=O) groups excluding carboxylic acids is 1. The second kappa shape index (κ2) is 13.7. The van der Waals surface area contributed by atoms with E-state index in [1.165, 1.54) is 6.07 Å².